The minimum Gasteiger partial charge on any atom is -0.342 e. The van der Waals surface area contributed by atoms with Crippen LogP contribution in [0.3, 0.4) is 0 Å². The van der Waals surface area contributed by atoms with E-state index in [1.54, 1.807) is 12.4 Å². The summed E-state index contributed by atoms with van der Waals surface area (Å²) < 4.78 is 1.98. The average molecular weight is 385 g/mol. The Morgan fingerprint density at radius 2 is 1.93 bits per heavy atom. The third-order valence-electron chi connectivity index (χ3n) is 6.27. The van der Waals surface area contributed by atoms with Crippen molar-refractivity contribution in [3.63, 3.8) is 0 Å². The molecular formula is C21H32N6O. The average Bonchev–Trinajstić information content (AvgIpc) is 3.32. The van der Waals surface area contributed by atoms with Crippen LogP contribution in [0.25, 0.3) is 11.2 Å². The van der Waals surface area contributed by atoms with Gasteiger partial charge in [-0.25, -0.2) is 14.6 Å². The van der Waals surface area contributed by atoms with E-state index in [-0.39, 0.29) is 5.92 Å². The molecule has 0 aromatic carbocycles. The summed E-state index contributed by atoms with van der Waals surface area (Å²) in [4.78, 5) is 26.1. The van der Waals surface area contributed by atoms with Gasteiger partial charge in [0.25, 0.3) is 0 Å². The summed E-state index contributed by atoms with van der Waals surface area (Å²) in [6.45, 7) is 3.30. The van der Waals surface area contributed by atoms with Gasteiger partial charge in [-0.1, -0.05) is 19.3 Å². The van der Waals surface area contributed by atoms with Gasteiger partial charge in [0.15, 0.2) is 5.65 Å². The van der Waals surface area contributed by atoms with Gasteiger partial charge >= 0.3 is 0 Å². The molecule has 28 heavy (non-hydrogen) atoms. The highest BCUT2D eigenvalue weighted by molar-refractivity contribution is 5.78. The van der Waals surface area contributed by atoms with Gasteiger partial charge in [0.1, 0.15) is 5.52 Å². The highest BCUT2D eigenvalue weighted by Crippen LogP contribution is 2.32. The van der Waals surface area contributed by atoms with Crippen LogP contribution in [0.4, 0.5) is 0 Å². The van der Waals surface area contributed by atoms with Crippen molar-refractivity contribution in [1.82, 2.24) is 29.5 Å². The zero-order valence-electron chi connectivity index (χ0n) is 17.2. The Balaban J connectivity index is 1.46. The Morgan fingerprint density at radius 1 is 1.14 bits per heavy atom. The van der Waals surface area contributed by atoms with Gasteiger partial charge in [-0.2, -0.15) is 5.10 Å². The molecule has 1 saturated heterocycles. The summed E-state index contributed by atoms with van der Waals surface area (Å²) in [6, 6.07) is 0. The number of hydrogen-bond acceptors (Lipinski definition) is 5. The maximum Gasteiger partial charge on any atom is 0.222 e. The van der Waals surface area contributed by atoms with Crippen LogP contribution in [0.2, 0.25) is 0 Å². The second-order valence-corrected chi connectivity index (χ2v) is 8.67. The number of fused-ring (bicyclic) bond motifs is 1. The fourth-order valence-electron chi connectivity index (χ4n) is 4.63. The molecule has 152 valence electrons. The van der Waals surface area contributed by atoms with Crippen LogP contribution in [0.15, 0.2) is 12.4 Å². The van der Waals surface area contributed by atoms with Crippen LogP contribution in [0, 0.1) is 5.92 Å². The number of hydrogen-bond donors (Lipinski definition) is 0. The Labute approximate surface area is 167 Å². The van der Waals surface area contributed by atoms with Crippen molar-refractivity contribution in [3.8, 4) is 0 Å². The van der Waals surface area contributed by atoms with Crippen LogP contribution in [-0.4, -0.2) is 69.2 Å². The molecule has 0 spiro atoms. The van der Waals surface area contributed by atoms with E-state index in [2.05, 4.69) is 33.9 Å². The first-order chi connectivity index (χ1) is 13.6. The number of rotatable bonds is 6. The van der Waals surface area contributed by atoms with E-state index in [0.717, 1.165) is 55.9 Å². The molecule has 0 N–H and O–H groups in total. The van der Waals surface area contributed by atoms with Crippen molar-refractivity contribution >= 4 is 17.1 Å². The highest BCUT2D eigenvalue weighted by atomic mass is 16.2. The predicted octanol–water partition coefficient (Wildman–Crippen LogP) is 2.67. The second-order valence-electron chi connectivity index (χ2n) is 8.67. The Morgan fingerprint density at radius 3 is 2.71 bits per heavy atom. The van der Waals surface area contributed by atoms with Gasteiger partial charge in [-0.15, -0.1) is 0 Å². The first-order valence-electron chi connectivity index (χ1n) is 10.7. The molecule has 0 radical (unpaired) electrons. The molecular weight excluding hydrogens is 352 g/mol. The molecule has 7 heteroatoms. The zero-order valence-corrected chi connectivity index (χ0v) is 17.2. The minimum absolute atomic E-state index is 0.259. The number of aromatic nitrogens is 4. The fourth-order valence-corrected chi connectivity index (χ4v) is 4.63. The van der Waals surface area contributed by atoms with E-state index >= 15 is 0 Å². The molecule has 2 aromatic heterocycles. The van der Waals surface area contributed by atoms with Crippen LogP contribution < -0.4 is 0 Å². The van der Waals surface area contributed by atoms with Crippen LogP contribution in [0.5, 0.6) is 0 Å². The van der Waals surface area contributed by atoms with Crippen LogP contribution in [0.1, 0.15) is 56.6 Å². The molecule has 2 aromatic rings. The molecule has 1 amide bonds. The molecule has 1 aliphatic heterocycles. The fraction of sp³-hybridized carbons (Fsp3) is 0.714. The summed E-state index contributed by atoms with van der Waals surface area (Å²) in [5.74, 6) is 1.18. The van der Waals surface area contributed by atoms with Crippen molar-refractivity contribution in [3.05, 3.63) is 18.1 Å². The Bertz CT molecular complexity index is 810. The number of likely N-dealkylation sites (tertiary alicyclic amines) is 1. The number of likely N-dealkylation sites (N-methyl/N-ethyl adjacent to an activating group) is 1. The maximum atomic E-state index is 12.8. The number of amides is 1. The van der Waals surface area contributed by atoms with E-state index in [9.17, 15) is 4.79 Å². The van der Waals surface area contributed by atoms with E-state index in [1.165, 1.54) is 32.1 Å². The standard InChI is InChI=1S/C21H32N6O/c1-25(2)12-13-27-21-20(22-9-10-23-21)19(24-27)17-8-11-26(15-17)18(28)14-16-6-4-3-5-7-16/h9-10,16-17H,3-8,11-15H2,1-2H3. The SMILES string of the molecule is CN(C)CCn1nc(C2CCN(C(=O)CC3CCCCC3)C2)c2nccnc21. The lowest BCUT2D eigenvalue weighted by Crippen LogP contribution is -2.30. The number of nitrogens with zero attached hydrogens (tertiary/aromatic N) is 6. The normalized spacial score (nSPS) is 21.1. The maximum absolute atomic E-state index is 12.8. The molecule has 4 rings (SSSR count). The molecule has 1 atom stereocenters. The van der Waals surface area contributed by atoms with Crippen molar-refractivity contribution in [2.75, 3.05) is 33.7 Å². The Kier molecular flexibility index (Phi) is 5.90. The van der Waals surface area contributed by atoms with Crippen LogP contribution >= 0.6 is 0 Å². The van der Waals surface area contributed by atoms with Crippen molar-refractivity contribution < 1.29 is 4.79 Å². The smallest absolute Gasteiger partial charge is 0.222 e. The van der Waals surface area contributed by atoms with Gasteiger partial charge < -0.3 is 9.80 Å². The lowest BCUT2D eigenvalue weighted by Gasteiger charge is -2.24. The van der Waals surface area contributed by atoms with Gasteiger partial charge in [0.2, 0.25) is 5.91 Å². The summed E-state index contributed by atoms with van der Waals surface area (Å²) in [5, 5.41) is 4.88. The number of carbonyl (C=O) groups is 1. The monoisotopic (exact) mass is 384 g/mol. The molecule has 3 heterocycles. The molecule has 7 nitrogen and oxygen atoms in total. The van der Waals surface area contributed by atoms with E-state index in [0.29, 0.717) is 11.8 Å². The van der Waals surface area contributed by atoms with E-state index in [1.807, 2.05) is 4.68 Å². The molecule has 1 aliphatic carbocycles. The quantitative estimate of drug-likeness (QED) is 0.766. The lowest BCUT2D eigenvalue weighted by atomic mass is 9.87. The summed E-state index contributed by atoms with van der Waals surface area (Å²) in [6.07, 6.45) is 11.5. The molecule has 2 aliphatic rings. The van der Waals surface area contributed by atoms with Crippen molar-refractivity contribution in [2.45, 2.75) is 57.4 Å². The minimum atomic E-state index is 0.259. The molecule has 2 fully saturated rings. The predicted molar refractivity (Wildman–Crippen MR) is 109 cm³/mol. The third kappa shape index (κ3) is 4.19. The third-order valence-corrected chi connectivity index (χ3v) is 6.27. The summed E-state index contributed by atoms with van der Waals surface area (Å²) >= 11 is 0. The second kappa shape index (κ2) is 8.55. The van der Waals surface area contributed by atoms with Gasteiger partial charge in [-0.05, 0) is 39.3 Å². The zero-order chi connectivity index (χ0) is 19.5. The summed E-state index contributed by atoms with van der Waals surface area (Å²) in [5.41, 5.74) is 2.76. The van der Waals surface area contributed by atoms with Gasteiger partial charge in [0, 0.05) is 44.4 Å². The first kappa shape index (κ1) is 19.3. The van der Waals surface area contributed by atoms with Gasteiger partial charge in [0.05, 0.1) is 12.2 Å². The van der Waals surface area contributed by atoms with Crippen molar-refractivity contribution in [1.29, 1.82) is 0 Å². The molecule has 1 unspecified atom stereocenters. The van der Waals surface area contributed by atoms with Crippen LogP contribution in [-0.2, 0) is 11.3 Å². The van der Waals surface area contributed by atoms with Gasteiger partial charge in [-0.3, -0.25) is 4.79 Å². The summed E-state index contributed by atoms with van der Waals surface area (Å²) in [7, 11) is 4.12. The topological polar surface area (TPSA) is 67.2 Å². The first-order valence-corrected chi connectivity index (χ1v) is 10.7. The van der Waals surface area contributed by atoms with E-state index in [4.69, 9.17) is 5.10 Å². The van der Waals surface area contributed by atoms with E-state index < -0.39 is 0 Å². The van der Waals surface area contributed by atoms with Crippen molar-refractivity contribution in [2.24, 2.45) is 5.92 Å². The lowest BCUT2D eigenvalue weighted by molar-refractivity contribution is -0.131. The number of carbonyl (C=O) groups excluding carboxylic acids is 1. The molecule has 1 saturated carbocycles. The Hall–Kier alpha value is -2.02. The largest absolute Gasteiger partial charge is 0.342 e. The highest BCUT2D eigenvalue weighted by Gasteiger charge is 2.32. The molecule has 0 bridgehead atoms.